The predicted octanol–water partition coefficient (Wildman–Crippen LogP) is 4.09. The van der Waals surface area contributed by atoms with Crippen LogP contribution in [0.15, 0.2) is 82.5 Å². The number of para-hydroxylation sites is 1. The minimum atomic E-state index is -4.00. The Kier molecular flexibility index (Phi) is 7.96. The van der Waals surface area contributed by atoms with Crippen molar-refractivity contribution in [3.8, 4) is 5.69 Å². The molecule has 10 nitrogen and oxygen atoms in total. The van der Waals surface area contributed by atoms with Gasteiger partial charge in [-0.2, -0.15) is 0 Å². The number of rotatable bonds is 8. The van der Waals surface area contributed by atoms with Gasteiger partial charge in [0.05, 0.1) is 27.5 Å². The fourth-order valence-corrected chi connectivity index (χ4v) is 5.32. The second kappa shape index (κ2) is 11.2. The van der Waals surface area contributed by atoms with Crippen molar-refractivity contribution in [1.82, 2.24) is 9.36 Å². The number of aryl methyl sites for hydroxylation is 2. The molecule has 0 aliphatic rings. The summed E-state index contributed by atoms with van der Waals surface area (Å²) in [6, 6.07) is 19.6. The Morgan fingerprint density at radius 3 is 2.30 bits per heavy atom. The number of benzene rings is 3. The van der Waals surface area contributed by atoms with E-state index in [4.69, 9.17) is 4.74 Å². The lowest BCUT2D eigenvalue weighted by Gasteiger charge is -2.14. The molecule has 208 valence electrons. The molecule has 0 aliphatic heterocycles. The smallest absolute Gasteiger partial charge is 0.338 e. The molecule has 1 atom stereocenters. The highest BCUT2D eigenvalue weighted by Gasteiger charge is 2.25. The van der Waals surface area contributed by atoms with Gasteiger partial charge in [0.25, 0.3) is 21.5 Å². The number of anilines is 2. The fourth-order valence-electron chi connectivity index (χ4n) is 4.14. The van der Waals surface area contributed by atoms with Crippen molar-refractivity contribution < 1.29 is 22.7 Å². The van der Waals surface area contributed by atoms with Gasteiger partial charge >= 0.3 is 5.97 Å². The SMILES string of the molecule is Cc1ccc(NS(=O)(=O)c2cccc(C(=O)OC(C)C(=O)Nc3c(C)n(C)n(-c4ccccc4)c3=O)c2)c(C)c1. The van der Waals surface area contributed by atoms with E-state index in [0.29, 0.717) is 17.1 Å². The maximum Gasteiger partial charge on any atom is 0.338 e. The number of aromatic nitrogens is 2. The normalized spacial score (nSPS) is 12.0. The van der Waals surface area contributed by atoms with Crippen LogP contribution in [0.5, 0.6) is 0 Å². The first-order valence-electron chi connectivity index (χ1n) is 12.4. The molecule has 0 saturated carbocycles. The Hall–Kier alpha value is -4.64. The van der Waals surface area contributed by atoms with E-state index < -0.39 is 33.6 Å². The van der Waals surface area contributed by atoms with Gasteiger partial charge in [0.2, 0.25) is 0 Å². The number of nitrogens with zero attached hydrogens (tertiary/aromatic N) is 2. The molecule has 0 saturated heterocycles. The maximum absolute atomic E-state index is 13.1. The van der Waals surface area contributed by atoms with Gasteiger partial charge < -0.3 is 10.1 Å². The van der Waals surface area contributed by atoms with E-state index >= 15 is 0 Å². The van der Waals surface area contributed by atoms with Gasteiger partial charge in [-0.05, 0) is 69.7 Å². The molecule has 3 aromatic carbocycles. The molecule has 0 aliphatic carbocycles. The molecular weight excluding hydrogens is 532 g/mol. The highest BCUT2D eigenvalue weighted by atomic mass is 32.2. The minimum absolute atomic E-state index is 0.0505. The number of ether oxygens (including phenoxy) is 1. The van der Waals surface area contributed by atoms with Gasteiger partial charge in [-0.1, -0.05) is 42.0 Å². The van der Waals surface area contributed by atoms with E-state index in [1.165, 1.54) is 35.9 Å². The summed E-state index contributed by atoms with van der Waals surface area (Å²) in [7, 11) is -2.31. The zero-order valence-corrected chi connectivity index (χ0v) is 23.6. The maximum atomic E-state index is 13.1. The van der Waals surface area contributed by atoms with E-state index in [0.717, 1.165) is 11.1 Å². The standard InChI is InChI=1S/C29H30N4O6S/c1-18-14-15-25(19(2)16-18)31-40(37,38)24-13-9-10-22(17-24)29(36)39-21(4)27(34)30-26-20(3)32(5)33(28(26)35)23-11-7-6-8-12-23/h6-17,21,31H,1-5H3,(H,30,34). The average Bonchev–Trinajstić information content (AvgIpc) is 3.13. The topological polar surface area (TPSA) is 128 Å². The first kappa shape index (κ1) is 28.4. The molecule has 1 heterocycles. The van der Waals surface area contributed by atoms with Crippen molar-refractivity contribution in [2.75, 3.05) is 10.0 Å². The first-order chi connectivity index (χ1) is 18.9. The predicted molar refractivity (Wildman–Crippen MR) is 152 cm³/mol. The third kappa shape index (κ3) is 5.84. The summed E-state index contributed by atoms with van der Waals surface area (Å²) in [6.45, 7) is 6.75. The number of hydrogen-bond acceptors (Lipinski definition) is 6. The number of esters is 1. The lowest BCUT2D eigenvalue weighted by atomic mass is 10.1. The summed E-state index contributed by atoms with van der Waals surface area (Å²) in [5.41, 5.74) is 2.87. The third-order valence-electron chi connectivity index (χ3n) is 6.46. The quantitative estimate of drug-likeness (QED) is 0.312. The first-order valence-corrected chi connectivity index (χ1v) is 13.9. The summed E-state index contributed by atoms with van der Waals surface area (Å²) >= 11 is 0. The lowest BCUT2D eigenvalue weighted by Crippen LogP contribution is -2.32. The van der Waals surface area contributed by atoms with Crippen LogP contribution >= 0.6 is 0 Å². The number of amides is 1. The van der Waals surface area contributed by atoms with E-state index in [9.17, 15) is 22.8 Å². The Morgan fingerprint density at radius 1 is 0.925 bits per heavy atom. The highest BCUT2D eigenvalue weighted by Crippen LogP contribution is 2.22. The Labute approximate surface area is 232 Å². The van der Waals surface area contributed by atoms with Crippen LogP contribution in [-0.2, 0) is 26.6 Å². The molecule has 1 unspecified atom stereocenters. The molecule has 2 N–H and O–H groups in total. The second-order valence-corrected chi connectivity index (χ2v) is 11.1. The molecule has 40 heavy (non-hydrogen) atoms. The van der Waals surface area contributed by atoms with Gasteiger partial charge in [0.1, 0.15) is 5.69 Å². The van der Waals surface area contributed by atoms with Crippen LogP contribution in [-0.4, -0.2) is 35.8 Å². The molecule has 4 aromatic rings. The number of carbonyl (C=O) groups excluding carboxylic acids is 2. The molecule has 0 fully saturated rings. The van der Waals surface area contributed by atoms with Gasteiger partial charge in [0, 0.05) is 7.05 Å². The molecule has 0 radical (unpaired) electrons. The van der Waals surface area contributed by atoms with Gasteiger partial charge in [-0.3, -0.25) is 19.0 Å². The zero-order chi connectivity index (χ0) is 29.2. The summed E-state index contributed by atoms with van der Waals surface area (Å²) in [4.78, 5) is 38.6. The molecule has 0 bridgehead atoms. The lowest BCUT2D eigenvalue weighted by molar-refractivity contribution is -0.123. The van der Waals surface area contributed by atoms with Gasteiger partial charge in [0.15, 0.2) is 6.10 Å². The van der Waals surface area contributed by atoms with Crippen molar-refractivity contribution in [2.45, 2.75) is 38.7 Å². The Bertz CT molecular complexity index is 1760. The van der Waals surface area contributed by atoms with E-state index in [2.05, 4.69) is 10.0 Å². The molecule has 4 rings (SSSR count). The number of carbonyl (C=O) groups is 2. The molecule has 1 amide bonds. The van der Waals surface area contributed by atoms with Crippen LogP contribution in [0.25, 0.3) is 5.69 Å². The van der Waals surface area contributed by atoms with Crippen molar-refractivity contribution in [1.29, 1.82) is 0 Å². The van der Waals surface area contributed by atoms with Crippen molar-refractivity contribution in [2.24, 2.45) is 7.05 Å². The molecular formula is C29H30N4O6S. The van der Waals surface area contributed by atoms with Crippen LogP contribution in [0.3, 0.4) is 0 Å². The van der Waals surface area contributed by atoms with Crippen LogP contribution < -0.4 is 15.6 Å². The Morgan fingerprint density at radius 2 is 1.62 bits per heavy atom. The van der Waals surface area contributed by atoms with Crippen LogP contribution in [0, 0.1) is 20.8 Å². The highest BCUT2D eigenvalue weighted by molar-refractivity contribution is 7.92. The van der Waals surface area contributed by atoms with Crippen LogP contribution in [0.1, 0.15) is 34.1 Å². The molecule has 0 spiro atoms. The molecule has 11 heteroatoms. The van der Waals surface area contributed by atoms with E-state index in [-0.39, 0.29) is 16.1 Å². The number of nitrogens with one attached hydrogen (secondary N) is 2. The van der Waals surface area contributed by atoms with E-state index in [1.807, 2.05) is 19.1 Å². The fraction of sp³-hybridized carbons (Fsp3) is 0.207. The van der Waals surface area contributed by atoms with Crippen LogP contribution in [0.2, 0.25) is 0 Å². The number of hydrogen-bond donors (Lipinski definition) is 2. The van der Waals surface area contributed by atoms with Crippen molar-refractivity contribution >= 4 is 33.3 Å². The van der Waals surface area contributed by atoms with Crippen LogP contribution in [0.4, 0.5) is 11.4 Å². The summed E-state index contributed by atoms with van der Waals surface area (Å²) in [5.74, 6) is -1.60. The second-order valence-electron chi connectivity index (χ2n) is 9.43. The zero-order valence-electron chi connectivity index (χ0n) is 22.8. The van der Waals surface area contributed by atoms with Gasteiger partial charge in [-0.15, -0.1) is 0 Å². The molecule has 1 aromatic heterocycles. The van der Waals surface area contributed by atoms with Crippen molar-refractivity contribution in [3.05, 3.63) is 106 Å². The Balaban J connectivity index is 1.48. The summed E-state index contributed by atoms with van der Waals surface area (Å²) in [6.07, 6.45) is -1.27. The summed E-state index contributed by atoms with van der Waals surface area (Å²) < 4.78 is 36.8. The number of sulfonamides is 1. The summed E-state index contributed by atoms with van der Waals surface area (Å²) in [5, 5.41) is 2.56. The average molecular weight is 563 g/mol. The third-order valence-corrected chi connectivity index (χ3v) is 7.82. The minimum Gasteiger partial charge on any atom is -0.449 e. The van der Waals surface area contributed by atoms with Gasteiger partial charge in [-0.25, -0.2) is 17.9 Å². The monoisotopic (exact) mass is 562 g/mol. The van der Waals surface area contributed by atoms with Crippen molar-refractivity contribution in [3.63, 3.8) is 0 Å². The van der Waals surface area contributed by atoms with E-state index in [1.54, 1.807) is 62.0 Å². The largest absolute Gasteiger partial charge is 0.449 e.